The van der Waals surface area contributed by atoms with E-state index in [9.17, 15) is 0 Å². The normalized spacial score (nSPS) is 24.3. The molecule has 2 heteroatoms. The van der Waals surface area contributed by atoms with Gasteiger partial charge in [0, 0.05) is 25.0 Å². The Morgan fingerprint density at radius 2 is 2.50 bits per heavy atom. The highest BCUT2D eigenvalue weighted by Crippen LogP contribution is 2.21. The van der Waals surface area contributed by atoms with Gasteiger partial charge >= 0.3 is 0 Å². The summed E-state index contributed by atoms with van der Waals surface area (Å²) in [6.45, 7) is 1.18. The molecule has 10 heavy (non-hydrogen) atoms. The Balaban J connectivity index is 2.23. The van der Waals surface area contributed by atoms with Gasteiger partial charge in [-0.25, -0.2) is 0 Å². The standard InChI is InChI=1S/C8H12N2/c1-10-6-2-3-8(10)7-4-5-9-7/h2-3,6-7,9H,4-5H2,1H3/t7-/m1/s1. The molecule has 1 aliphatic heterocycles. The molecule has 2 nitrogen and oxygen atoms in total. The first-order valence-corrected chi connectivity index (χ1v) is 3.72. The van der Waals surface area contributed by atoms with Gasteiger partial charge in [-0.05, 0) is 25.1 Å². The van der Waals surface area contributed by atoms with E-state index in [1.54, 1.807) is 0 Å². The lowest BCUT2D eigenvalue weighted by molar-refractivity contribution is 0.367. The average Bonchev–Trinajstić information content (AvgIpc) is 2.12. The Labute approximate surface area is 60.9 Å². The van der Waals surface area contributed by atoms with Crippen molar-refractivity contribution in [2.24, 2.45) is 7.05 Å². The first-order valence-electron chi connectivity index (χ1n) is 3.72. The molecule has 0 spiro atoms. The Morgan fingerprint density at radius 3 is 2.90 bits per heavy atom. The van der Waals surface area contributed by atoms with Crippen molar-refractivity contribution in [3.05, 3.63) is 24.0 Å². The minimum absolute atomic E-state index is 0.625. The predicted octanol–water partition coefficient (Wildman–Crippen LogP) is 1.06. The summed E-state index contributed by atoms with van der Waals surface area (Å²) in [5, 5.41) is 3.37. The predicted molar refractivity (Wildman–Crippen MR) is 40.8 cm³/mol. The number of aryl methyl sites for hydroxylation is 1. The van der Waals surface area contributed by atoms with Crippen LogP contribution in [-0.2, 0) is 7.05 Å². The van der Waals surface area contributed by atoms with Gasteiger partial charge in [0.25, 0.3) is 0 Å². The molecule has 2 heterocycles. The van der Waals surface area contributed by atoms with Crippen LogP contribution in [0.25, 0.3) is 0 Å². The van der Waals surface area contributed by atoms with Crippen LogP contribution in [0.2, 0.25) is 0 Å². The summed E-state index contributed by atoms with van der Waals surface area (Å²) in [6.07, 6.45) is 3.38. The lowest BCUT2D eigenvalue weighted by atomic mass is 10.0. The van der Waals surface area contributed by atoms with Crippen molar-refractivity contribution in [3.8, 4) is 0 Å². The van der Waals surface area contributed by atoms with E-state index < -0.39 is 0 Å². The van der Waals surface area contributed by atoms with E-state index in [1.807, 2.05) is 0 Å². The summed E-state index contributed by atoms with van der Waals surface area (Å²) in [6, 6.07) is 4.89. The molecule has 0 unspecified atom stereocenters. The second-order valence-corrected chi connectivity index (χ2v) is 2.84. The van der Waals surface area contributed by atoms with E-state index in [0.717, 1.165) is 0 Å². The SMILES string of the molecule is Cn1cccc1[C@H]1CCN1. The zero-order valence-electron chi connectivity index (χ0n) is 6.17. The van der Waals surface area contributed by atoms with Gasteiger partial charge in [0.05, 0.1) is 0 Å². The largest absolute Gasteiger partial charge is 0.353 e. The third-order valence-corrected chi connectivity index (χ3v) is 2.16. The van der Waals surface area contributed by atoms with Crippen molar-refractivity contribution in [2.45, 2.75) is 12.5 Å². The molecule has 1 N–H and O–H groups in total. The van der Waals surface area contributed by atoms with Gasteiger partial charge in [-0.2, -0.15) is 0 Å². The molecule has 0 bridgehead atoms. The van der Waals surface area contributed by atoms with Crippen LogP contribution in [-0.4, -0.2) is 11.1 Å². The van der Waals surface area contributed by atoms with Crippen molar-refractivity contribution in [3.63, 3.8) is 0 Å². The Hall–Kier alpha value is -0.760. The molecule has 0 saturated carbocycles. The molecule has 54 valence electrons. The molecular formula is C8H12N2. The third-order valence-electron chi connectivity index (χ3n) is 2.16. The van der Waals surface area contributed by atoms with Crippen LogP contribution < -0.4 is 5.32 Å². The first-order chi connectivity index (χ1) is 4.88. The number of nitrogens with one attached hydrogen (secondary N) is 1. The van der Waals surface area contributed by atoms with Gasteiger partial charge in [-0.15, -0.1) is 0 Å². The number of hydrogen-bond donors (Lipinski definition) is 1. The van der Waals surface area contributed by atoms with E-state index in [-0.39, 0.29) is 0 Å². The lowest BCUT2D eigenvalue weighted by Crippen LogP contribution is -2.36. The molecule has 1 saturated heterocycles. The van der Waals surface area contributed by atoms with Crippen molar-refractivity contribution in [2.75, 3.05) is 6.54 Å². The summed E-state index contributed by atoms with van der Waals surface area (Å²) < 4.78 is 2.18. The monoisotopic (exact) mass is 136 g/mol. The van der Waals surface area contributed by atoms with Gasteiger partial charge in [-0.3, -0.25) is 0 Å². The van der Waals surface area contributed by atoms with Gasteiger partial charge < -0.3 is 9.88 Å². The summed E-state index contributed by atoms with van der Waals surface area (Å²) in [5.41, 5.74) is 1.41. The Kier molecular flexibility index (Phi) is 1.27. The number of nitrogens with zero attached hydrogens (tertiary/aromatic N) is 1. The first kappa shape index (κ1) is 5.98. The number of aromatic nitrogens is 1. The van der Waals surface area contributed by atoms with Crippen LogP contribution in [0.1, 0.15) is 18.2 Å². The molecule has 2 rings (SSSR count). The minimum atomic E-state index is 0.625. The van der Waals surface area contributed by atoms with Crippen molar-refractivity contribution >= 4 is 0 Å². The van der Waals surface area contributed by atoms with Crippen LogP contribution in [0.5, 0.6) is 0 Å². The summed E-state index contributed by atoms with van der Waals surface area (Å²) in [4.78, 5) is 0. The van der Waals surface area contributed by atoms with Crippen LogP contribution in [0.15, 0.2) is 18.3 Å². The zero-order chi connectivity index (χ0) is 6.97. The molecule has 1 atom stereocenters. The second-order valence-electron chi connectivity index (χ2n) is 2.84. The van der Waals surface area contributed by atoms with Crippen LogP contribution in [0, 0.1) is 0 Å². The van der Waals surface area contributed by atoms with Crippen LogP contribution in [0.4, 0.5) is 0 Å². The van der Waals surface area contributed by atoms with Gasteiger partial charge in [0.2, 0.25) is 0 Å². The lowest BCUT2D eigenvalue weighted by Gasteiger charge is -2.28. The number of rotatable bonds is 1. The van der Waals surface area contributed by atoms with Crippen molar-refractivity contribution in [1.29, 1.82) is 0 Å². The van der Waals surface area contributed by atoms with E-state index >= 15 is 0 Å². The topological polar surface area (TPSA) is 17.0 Å². The molecule has 0 amide bonds. The molecule has 0 aliphatic carbocycles. The van der Waals surface area contributed by atoms with Crippen LogP contribution in [0.3, 0.4) is 0 Å². The maximum absolute atomic E-state index is 3.37. The minimum Gasteiger partial charge on any atom is -0.353 e. The Bertz CT molecular complexity index is 223. The van der Waals surface area contributed by atoms with E-state index in [0.29, 0.717) is 6.04 Å². The molecule has 1 aromatic rings. The maximum atomic E-state index is 3.37. The highest BCUT2D eigenvalue weighted by atomic mass is 15.0. The number of hydrogen-bond acceptors (Lipinski definition) is 1. The zero-order valence-corrected chi connectivity index (χ0v) is 6.17. The molecule has 1 aromatic heterocycles. The van der Waals surface area contributed by atoms with Gasteiger partial charge in [-0.1, -0.05) is 0 Å². The molecule has 0 radical (unpaired) electrons. The fraction of sp³-hybridized carbons (Fsp3) is 0.500. The van der Waals surface area contributed by atoms with E-state index in [1.165, 1.54) is 18.7 Å². The molecular weight excluding hydrogens is 124 g/mol. The highest BCUT2D eigenvalue weighted by molar-refractivity contribution is 5.13. The maximum Gasteiger partial charge on any atom is 0.0486 e. The van der Waals surface area contributed by atoms with E-state index in [4.69, 9.17) is 0 Å². The van der Waals surface area contributed by atoms with Gasteiger partial charge in [0.15, 0.2) is 0 Å². The van der Waals surface area contributed by atoms with Crippen molar-refractivity contribution < 1.29 is 0 Å². The third kappa shape index (κ3) is 0.762. The van der Waals surface area contributed by atoms with Crippen LogP contribution >= 0.6 is 0 Å². The Morgan fingerprint density at radius 1 is 1.70 bits per heavy atom. The molecule has 1 fully saturated rings. The second kappa shape index (κ2) is 2.13. The molecule has 1 aliphatic rings. The summed E-state index contributed by atoms with van der Waals surface area (Å²) in [7, 11) is 2.09. The quantitative estimate of drug-likeness (QED) is 0.611. The fourth-order valence-electron chi connectivity index (χ4n) is 1.38. The molecule has 0 aromatic carbocycles. The smallest absolute Gasteiger partial charge is 0.0486 e. The average molecular weight is 136 g/mol. The fourth-order valence-corrected chi connectivity index (χ4v) is 1.38. The van der Waals surface area contributed by atoms with Crippen molar-refractivity contribution in [1.82, 2.24) is 9.88 Å². The highest BCUT2D eigenvalue weighted by Gasteiger charge is 2.19. The van der Waals surface area contributed by atoms with Gasteiger partial charge in [0.1, 0.15) is 0 Å². The summed E-state index contributed by atoms with van der Waals surface area (Å²) >= 11 is 0. The summed E-state index contributed by atoms with van der Waals surface area (Å²) in [5.74, 6) is 0. The van der Waals surface area contributed by atoms with E-state index in [2.05, 4.69) is 35.3 Å².